The number of hydrogen-bond acceptors (Lipinski definition) is 6. The van der Waals surface area contributed by atoms with E-state index in [2.05, 4.69) is 10.1 Å². The molecule has 1 amide bonds. The molecule has 2 aliphatic heterocycles. The summed E-state index contributed by atoms with van der Waals surface area (Å²) in [5.41, 5.74) is 8.59. The summed E-state index contributed by atoms with van der Waals surface area (Å²) in [6.45, 7) is 2.53. The van der Waals surface area contributed by atoms with E-state index in [9.17, 15) is 18.0 Å². The Bertz CT molecular complexity index is 1100. The van der Waals surface area contributed by atoms with Crippen LogP contribution in [0.3, 0.4) is 0 Å². The first-order valence-electron chi connectivity index (χ1n) is 10.2. The lowest BCUT2D eigenvalue weighted by Crippen LogP contribution is -2.52. The average Bonchev–Trinajstić information content (AvgIpc) is 2.74. The number of amides is 1. The van der Waals surface area contributed by atoms with Gasteiger partial charge in [-0.15, -0.1) is 0 Å². The SMILES string of the molecule is C[C@@H]1CO[C@@H](C(F)(F)F)CN1Cc1ccc2c(C3=CCN(C)N=C3)cc(C(N)=O)nc2c1. The quantitative estimate of drug-likeness (QED) is 0.779. The predicted molar refractivity (Wildman–Crippen MR) is 115 cm³/mol. The third-order valence-corrected chi connectivity index (χ3v) is 5.72. The zero-order valence-corrected chi connectivity index (χ0v) is 17.8. The molecule has 0 unspecified atom stereocenters. The van der Waals surface area contributed by atoms with E-state index in [0.717, 1.165) is 22.1 Å². The Hall–Kier alpha value is -2.98. The summed E-state index contributed by atoms with van der Waals surface area (Å²) >= 11 is 0. The number of allylic oxidation sites excluding steroid dienone is 1. The first-order chi connectivity index (χ1) is 15.1. The highest BCUT2D eigenvalue weighted by Gasteiger charge is 2.44. The Balaban J connectivity index is 1.68. The molecule has 2 atom stereocenters. The van der Waals surface area contributed by atoms with Gasteiger partial charge in [0.25, 0.3) is 5.91 Å². The van der Waals surface area contributed by atoms with Crippen molar-refractivity contribution in [2.24, 2.45) is 10.8 Å². The highest BCUT2D eigenvalue weighted by Crippen LogP contribution is 2.30. The lowest BCUT2D eigenvalue weighted by Gasteiger charge is -2.38. The summed E-state index contributed by atoms with van der Waals surface area (Å²) in [6, 6.07) is 7.02. The van der Waals surface area contributed by atoms with E-state index >= 15 is 0 Å². The molecule has 0 spiro atoms. The van der Waals surface area contributed by atoms with Crippen LogP contribution in [0.25, 0.3) is 16.5 Å². The molecule has 10 heteroatoms. The van der Waals surface area contributed by atoms with Gasteiger partial charge in [0, 0.05) is 37.1 Å². The lowest BCUT2D eigenvalue weighted by molar-refractivity contribution is -0.244. The van der Waals surface area contributed by atoms with Crippen LogP contribution >= 0.6 is 0 Å². The third-order valence-electron chi connectivity index (χ3n) is 5.72. The first-order valence-corrected chi connectivity index (χ1v) is 10.2. The number of likely N-dealkylation sites (N-methyl/N-ethyl adjacent to an activating group) is 1. The van der Waals surface area contributed by atoms with Gasteiger partial charge in [0.1, 0.15) is 5.69 Å². The highest BCUT2D eigenvalue weighted by atomic mass is 19.4. The average molecular weight is 447 g/mol. The minimum absolute atomic E-state index is 0.00785. The molecule has 2 aliphatic rings. The van der Waals surface area contributed by atoms with Gasteiger partial charge in [-0.1, -0.05) is 18.2 Å². The van der Waals surface area contributed by atoms with Gasteiger partial charge in [-0.3, -0.25) is 14.7 Å². The summed E-state index contributed by atoms with van der Waals surface area (Å²) in [4.78, 5) is 18.0. The molecule has 2 aromatic rings. The van der Waals surface area contributed by atoms with Gasteiger partial charge in [-0.25, -0.2) is 4.98 Å². The minimum Gasteiger partial charge on any atom is -0.366 e. The number of nitrogens with zero attached hydrogens (tertiary/aromatic N) is 4. The normalized spacial score (nSPS) is 22.3. The van der Waals surface area contributed by atoms with Crippen LogP contribution in [0.1, 0.15) is 28.5 Å². The number of primary amides is 1. The standard InChI is InChI=1S/C22H24F3N5O2/c1-13-12-32-20(22(23,24)25)11-30(13)10-14-3-4-16-17(15-5-6-29(2)27-9-15)8-19(21(26)31)28-18(16)7-14/h3-5,7-9,13,20H,6,10-12H2,1-2H3,(H2,26,31)/t13-,20-/m1/s1. The van der Waals surface area contributed by atoms with Crippen LogP contribution in [0.15, 0.2) is 35.4 Å². The van der Waals surface area contributed by atoms with Crippen molar-refractivity contribution in [2.75, 3.05) is 26.7 Å². The van der Waals surface area contributed by atoms with Crippen LogP contribution in [0.4, 0.5) is 13.2 Å². The van der Waals surface area contributed by atoms with Crippen LogP contribution < -0.4 is 5.73 Å². The molecule has 170 valence electrons. The van der Waals surface area contributed by atoms with Crippen molar-refractivity contribution in [1.82, 2.24) is 14.9 Å². The second-order valence-corrected chi connectivity index (χ2v) is 8.16. The number of hydrogen-bond donors (Lipinski definition) is 1. The van der Waals surface area contributed by atoms with Gasteiger partial charge in [0.15, 0.2) is 6.10 Å². The zero-order chi connectivity index (χ0) is 23.0. The van der Waals surface area contributed by atoms with Crippen molar-refractivity contribution in [2.45, 2.75) is 31.8 Å². The largest absolute Gasteiger partial charge is 0.415 e. The maximum atomic E-state index is 13.1. The molecular weight excluding hydrogens is 423 g/mol. The van der Waals surface area contributed by atoms with Crippen molar-refractivity contribution >= 4 is 28.6 Å². The van der Waals surface area contributed by atoms with Crippen LogP contribution in [-0.4, -0.2) is 72.1 Å². The third kappa shape index (κ3) is 4.61. The fraction of sp³-hybridized carbons (Fsp3) is 0.409. The van der Waals surface area contributed by atoms with Crippen LogP contribution in [0.5, 0.6) is 0 Å². The summed E-state index contributed by atoms with van der Waals surface area (Å²) < 4.78 is 44.4. The highest BCUT2D eigenvalue weighted by molar-refractivity contribution is 6.15. The smallest absolute Gasteiger partial charge is 0.366 e. The van der Waals surface area contributed by atoms with E-state index < -0.39 is 18.2 Å². The second-order valence-electron chi connectivity index (χ2n) is 8.16. The number of aromatic nitrogens is 1. The fourth-order valence-corrected chi connectivity index (χ4v) is 3.87. The minimum atomic E-state index is -4.40. The number of fused-ring (bicyclic) bond motifs is 1. The molecule has 0 aliphatic carbocycles. The van der Waals surface area contributed by atoms with Crippen LogP contribution in [-0.2, 0) is 11.3 Å². The van der Waals surface area contributed by atoms with Crippen molar-refractivity contribution in [1.29, 1.82) is 0 Å². The van der Waals surface area contributed by atoms with E-state index in [0.29, 0.717) is 18.6 Å². The molecule has 32 heavy (non-hydrogen) atoms. The number of morpholine rings is 1. The number of hydrazone groups is 1. The molecule has 0 saturated carbocycles. The lowest BCUT2D eigenvalue weighted by atomic mass is 9.98. The zero-order valence-electron chi connectivity index (χ0n) is 17.8. The topological polar surface area (TPSA) is 84.0 Å². The van der Waals surface area contributed by atoms with Gasteiger partial charge in [-0.2, -0.15) is 18.3 Å². The van der Waals surface area contributed by atoms with Crippen molar-refractivity contribution in [3.8, 4) is 0 Å². The van der Waals surface area contributed by atoms with Crippen LogP contribution in [0, 0.1) is 0 Å². The number of carbonyl (C=O) groups excluding carboxylic acids is 1. The number of rotatable bonds is 4. The van der Waals surface area contributed by atoms with Gasteiger partial charge >= 0.3 is 6.18 Å². The summed E-state index contributed by atoms with van der Waals surface area (Å²) in [5, 5.41) is 6.88. The Morgan fingerprint density at radius 3 is 2.75 bits per heavy atom. The van der Waals surface area contributed by atoms with Gasteiger partial charge in [0.05, 0.1) is 24.9 Å². The number of nitrogens with two attached hydrogens (primary N) is 1. The Labute approximate surface area is 183 Å². The number of benzene rings is 1. The Kier molecular flexibility index (Phi) is 5.91. The fourth-order valence-electron chi connectivity index (χ4n) is 3.87. The van der Waals surface area contributed by atoms with Gasteiger partial charge in [-0.05, 0) is 30.2 Å². The maximum Gasteiger partial charge on any atom is 0.415 e. The predicted octanol–water partition coefficient (Wildman–Crippen LogP) is 2.80. The molecule has 7 nitrogen and oxygen atoms in total. The van der Waals surface area contributed by atoms with E-state index in [-0.39, 0.29) is 24.9 Å². The molecule has 1 aromatic carbocycles. The number of halogens is 3. The van der Waals surface area contributed by atoms with Gasteiger partial charge in [0.2, 0.25) is 0 Å². The molecular formula is C22H24F3N5O2. The van der Waals surface area contributed by atoms with E-state index in [4.69, 9.17) is 10.5 Å². The number of pyridine rings is 1. The summed E-state index contributed by atoms with van der Waals surface area (Å²) in [5.74, 6) is -0.654. The Morgan fingerprint density at radius 1 is 1.31 bits per heavy atom. The monoisotopic (exact) mass is 447 g/mol. The number of carbonyl (C=O) groups is 1. The molecule has 4 rings (SSSR count). The maximum absolute atomic E-state index is 13.1. The number of alkyl halides is 3. The van der Waals surface area contributed by atoms with Crippen LogP contribution in [0.2, 0.25) is 0 Å². The van der Waals surface area contributed by atoms with E-state index in [1.165, 1.54) is 0 Å². The van der Waals surface area contributed by atoms with Crippen molar-refractivity contribution in [3.05, 3.63) is 47.2 Å². The molecule has 1 saturated heterocycles. The number of ether oxygens (including phenoxy) is 1. The molecule has 1 fully saturated rings. The molecule has 0 bridgehead atoms. The van der Waals surface area contributed by atoms with E-state index in [1.807, 2.05) is 32.2 Å². The molecule has 1 aromatic heterocycles. The van der Waals surface area contributed by atoms with E-state index in [1.54, 1.807) is 28.3 Å². The van der Waals surface area contributed by atoms with Crippen molar-refractivity contribution < 1.29 is 22.7 Å². The summed E-state index contributed by atoms with van der Waals surface area (Å²) in [6.07, 6.45) is -2.50. The Morgan fingerprint density at radius 2 is 2.09 bits per heavy atom. The molecule has 3 heterocycles. The first kappa shape index (κ1) is 22.2. The molecule has 0 radical (unpaired) electrons. The van der Waals surface area contributed by atoms with Crippen molar-refractivity contribution in [3.63, 3.8) is 0 Å². The van der Waals surface area contributed by atoms with Gasteiger partial charge < -0.3 is 10.5 Å². The summed E-state index contributed by atoms with van der Waals surface area (Å²) in [7, 11) is 1.85. The molecule has 2 N–H and O–H groups in total. The second kappa shape index (κ2) is 8.51.